The van der Waals surface area contributed by atoms with Gasteiger partial charge in [0, 0.05) is 6.42 Å². The molecule has 1 N–H and O–H groups in total. The molecule has 1 aromatic rings. The lowest BCUT2D eigenvalue weighted by Gasteiger charge is -2.26. The number of nitrogens with one attached hydrogen (secondary N) is 1. The number of likely N-dealkylation sites (N-methyl/N-ethyl adjacent to an activating group) is 1. The van der Waals surface area contributed by atoms with Crippen molar-refractivity contribution in [2.45, 2.75) is 18.9 Å². The minimum atomic E-state index is -0.712. The van der Waals surface area contributed by atoms with Crippen molar-refractivity contribution in [3.05, 3.63) is 29.8 Å². The van der Waals surface area contributed by atoms with Crippen LogP contribution in [0.2, 0.25) is 0 Å². The van der Waals surface area contributed by atoms with Gasteiger partial charge in [-0.15, -0.1) is 11.8 Å². The van der Waals surface area contributed by atoms with Gasteiger partial charge in [0.15, 0.2) is 0 Å². The van der Waals surface area contributed by atoms with E-state index >= 15 is 0 Å². The van der Waals surface area contributed by atoms with E-state index in [0.717, 1.165) is 11.3 Å². The number of carbonyl (C=O) groups excluding carboxylic acids is 1. The Labute approximate surface area is 118 Å². The number of benzene rings is 1. The number of thioether (sulfide) groups is 1. The maximum atomic E-state index is 11.8. The quantitative estimate of drug-likeness (QED) is 0.613. The van der Waals surface area contributed by atoms with Gasteiger partial charge in [0.1, 0.15) is 17.2 Å². The van der Waals surface area contributed by atoms with Crippen LogP contribution in [0.15, 0.2) is 24.3 Å². The smallest absolute Gasteiger partial charge is 0.326 e. The average Bonchev–Trinajstić information content (AvgIpc) is 2.45. The van der Waals surface area contributed by atoms with Crippen molar-refractivity contribution in [3.8, 4) is 5.75 Å². The molecular formula is C14H21NO3S. The van der Waals surface area contributed by atoms with Crippen LogP contribution in [0, 0.1) is 0 Å². The van der Waals surface area contributed by atoms with Crippen molar-refractivity contribution >= 4 is 17.7 Å². The van der Waals surface area contributed by atoms with Crippen LogP contribution >= 0.6 is 11.8 Å². The van der Waals surface area contributed by atoms with Crippen LogP contribution in [0.1, 0.15) is 12.5 Å². The van der Waals surface area contributed by atoms with Crippen LogP contribution in [0.25, 0.3) is 0 Å². The van der Waals surface area contributed by atoms with Crippen molar-refractivity contribution in [2.75, 3.05) is 26.4 Å². The summed E-state index contributed by atoms with van der Waals surface area (Å²) in [6.45, 7) is 1.83. The van der Waals surface area contributed by atoms with Gasteiger partial charge in [-0.3, -0.25) is 4.79 Å². The zero-order chi connectivity index (χ0) is 14.3. The number of rotatable bonds is 7. The zero-order valence-corrected chi connectivity index (χ0v) is 12.7. The van der Waals surface area contributed by atoms with Gasteiger partial charge in [-0.25, -0.2) is 0 Å². The van der Waals surface area contributed by atoms with Gasteiger partial charge >= 0.3 is 5.97 Å². The number of hydrogen-bond acceptors (Lipinski definition) is 5. The van der Waals surface area contributed by atoms with Crippen LogP contribution in [-0.4, -0.2) is 37.9 Å². The third-order valence-electron chi connectivity index (χ3n) is 3.01. The van der Waals surface area contributed by atoms with Gasteiger partial charge in [-0.05, 0) is 37.9 Å². The summed E-state index contributed by atoms with van der Waals surface area (Å²) in [6.07, 6.45) is 2.56. The molecular weight excluding hydrogens is 262 g/mol. The lowest BCUT2D eigenvalue weighted by atomic mass is 9.93. The van der Waals surface area contributed by atoms with E-state index in [1.165, 1.54) is 7.11 Å². The first kappa shape index (κ1) is 15.9. The van der Waals surface area contributed by atoms with Crippen LogP contribution in [0.5, 0.6) is 5.75 Å². The third-order valence-corrected chi connectivity index (χ3v) is 3.37. The second-order valence-electron chi connectivity index (χ2n) is 4.45. The first-order chi connectivity index (χ1) is 9.05. The Morgan fingerprint density at radius 1 is 1.37 bits per heavy atom. The molecule has 1 rings (SSSR count). The summed E-state index contributed by atoms with van der Waals surface area (Å²) in [5, 5.41) is 3.02. The number of esters is 1. The standard InChI is InChI=1S/C14H21NO3S/c1-14(15-2,13(16)17-3)9-11-5-7-12(8-6-11)18-10-19-4/h5-8,15H,9-10H2,1-4H3. The van der Waals surface area contributed by atoms with E-state index < -0.39 is 5.54 Å². The van der Waals surface area contributed by atoms with Crippen molar-refractivity contribution in [3.63, 3.8) is 0 Å². The summed E-state index contributed by atoms with van der Waals surface area (Å²) in [7, 11) is 3.16. The molecule has 5 heteroatoms. The van der Waals surface area contributed by atoms with Gasteiger partial charge < -0.3 is 14.8 Å². The monoisotopic (exact) mass is 283 g/mol. The summed E-state index contributed by atoms with van der Waals surface area (Å²) >= 11 is 1.63. The van der Waals surface area contributed by atoms with E-state index in [0.29, 0.717) is 12.4 Å². The summed E-state index contributed by atoms with van der Waals surface area (Å²) in [4.78, 5) is 11.8. The Morgan fingerprint density at radius 2 is 2.00 bits per heavy atom. The Bertz CT molecular complexity index is 408. The average molecular weight is 283 g/mol. The highest BCUT2D eigenvalue weighted by Gasteiger charge is 2.32. The van der Waals surface area contributed by atoms with Crippen molar-refractivity contribution in [1.82, 2.24) is 5.32 Å². The number of methoxy groups -OCH3 is 1. The van der Waals surface area contributed by atoms with Crippen LogP contribution in [0.3, 0.4) is 0 Å². The lowest BCUT2D eigenvalue weighted by molar-refractivity contribution is -0.147. The van der Waals surface area contributed by atoms with E-state index in [9.17, 15) is 4.79 Å². The molecule has 0 bridgehead atoms. The van der Waals surface area contributed by atoms with Crippen LogP contribution in [0.4, 0.5) is 0 Å². The molecule has 0 saturated heterocycles. The highest BCUT2D eigenvalue weighted by molar-refractivity contribution is 7.98. The minimum absolute atomic E-state index is 0.266. The third kappa shape index (κ3) is 4.44. The molecule has 0 radical (unpaired) electrons. The van der Waals surface area contributed by atoms with Crippen molar-refractivity contribution < 1.29 is 14.3 Å². The van der Waals surface area contributed by atoms with Gasteiger partial charge in [-0.1, -0.05) is 12.1 Å². The minimum Gasteiger partial charge on any atom is -0.483 e. The fourth-order valence-corrected chi connectivity index (χ4v) is 1.98. The van der Waals surface area contributed by atoms with E-state index in [4.69, 9.17) is 9.47 Å². The highest BCUT2D eigenvalue weighted by Crippen LogP contribution is 2.18. The van der Waals surface area contributed by atoms with Gasteiger partial charge in [0.2, 0.25) is 0 Å². The highest BCUT2D eigenvalue weighted by atomic mass is 32.2. The molecule has 0 fully saturated rings. The molecule has 4 nitrogen and oxygen atoms in total. The Balaban J connectivity index is 2.73. The molecule has 1 unspecified atom stereocenters. The summed E-state index contributed by atoms with van der Waals surface area (Å²) < 4.78 is 10.3. The molecule has 0 aliphatic heterocycles. The maximum absolute atomic E-state index is 11.8. The molecule has 0 aliphatic rings. The second kappa shape index (κ2) is 7.40. The molecule has 19 heavy (non-hydrogen) atoms. The summed E-state index contributed by atoms with van der Waals surface area (Å²) in [6, 6.07) is 7.76. The maximum Gasteiger partial charge on any atom is 0.326 e. The summed E-state index contributed by atoms with van der Waals surface area (Å²) in [5.41, 5.74) is 0.342. The van der Waals surface area contributed by atoms with Gasteiger partial charge in [0.25, 0.3) is 0 Å². The first-order valence-electron chi connectivity index (χ1n) is 6.03. The normalized spacial score (nSPS) is 13.7. The largest absolute Gasteiger partial charge is 0.483 e. The van der Waals surface area contributed by atoms with Crippen molar-refractivity contribution in [2.24, 2.45) is 0 Å². The Kier molecular flexibility index (Phi) is 6.18. The van der Waals surface area contributed by atoms with Gasteiger partial charge in [0.05, 0.1) is 7.11 Å². The molecule has 0 aromatic heterocycles. The molecule has 0 aliphatic carbocycles. The predicted molar refractivity (Wildman–Crippen MR) is 78.6 cm³/mol. The van der Waals surface area contributed by atoms with Gasteiger partial charge in [-0.2, -0.15) is 0 Å². The lowest BCUT2D eigenvalue weighted by Crippen LogP contribution is -2.50. The molecule has 0 heterocycles. The molecule has 0 amide bonds. The fraction of sp³-hybridized carbons (Fsp3) is 0.500. The van der Waals surface area contributed by atoms with Crippen LogP contribution < -0.4 is 10.1 Å². The first-order valence-corrected chi connectivity index (χ1v) is 7.43. The summed E-state index contributed by atoms with van der Waals surface area (Å²) in [5.74, 6) is 1.20. The molecule has 0 saturated carbocycles. The Hall–Kier alpha value is -1.20. The van der Waals surface area contributed by atoms with Crippen molar-refractivity contribution in [1.29, 1.82) is 0 Å². The zero-order valence-electron chi connectivity index (χ0n) is 11.9. The SMILES string of the molecule is CNC(C)(Cc1ccc(OCSC)cc1)C(=O)OC. The van der Waals surface area contributed by atoms with E-state index in [-0.39, 0.29) is 5.97 Å². The second-order valence-corrected chi connectivity index (χ2v) is 5.26. The molecule has 106 valence electrons. The van der Waals surface area contributed by atoms with E-state index in [1.807, 2.05) is 37.4 Å². The fourth-order valence-electron chi connectivity index (χ4n) is 1.73. The van der Waals surface area contributed by atoms with Crippen LogP contribution in [-0.2, 0) is 16.0 Å². The van der Waals surface area contributed by atoms with E-state index in [1.54, 1.807) is 18.8 Å². The molecule has 1 atom stereocenters. The van der Waals surface area contributed by atoms with E-state index in [2.05, 4.69) is 5.32 Å². The molecule has 1 aromatic carbocycles. The topological polar surface area (TPSA) is 47.6 Å². The molecule has 0 spiro atoms. The number of carbonyl (C=O) groups is 1. The predicted octanol–water partition coefficient (Wildman–Crippen LogP) is 2.08. The Morgan fingerprint density at radius 3 is 2.47 bits per heavy atom. The number of hydrogen-bond donors (Lipinski definition) is 1. The number of ether oxygens (including phenoxy) is 2.